The Morgan fingerprint density at radius 1 is 1.22 bits per heavy atom. The molecular weight excluding hydrogens is 300 g/mol. The van der Waals surface area contributed by atoms with E-state index in [1.165, 1.54) is 0 Å². The van der Waals surface area contributed by atoms with Crippen LogP contribution in [0.4, 0.5) is 0 Å². The largest absolute Gasteiger partial charge is 0.460 e. The van der Waals surface area contributed by atoms with Gasteiger partial charge in [-0.3, -0.25) is 0 Å². The second kappa shape index (κ2) is 9.27. The van der Waals surface area contributed by atoms with Crippen LogP contribution in [0.1, 0.15) is 30.1 Å². The van der Waals surface area contributed by atoms with E-state index >= 15 is 0 Å². The predicted octanol–water partition coefficient (Wildman–Crippen LogP) is 1.97. The summed E-state index contributed by atoms with van der Waals surface area (Å²) in [7, 11) is 0. The van der Waals surface area contributed by atoms with Gasteiger partial charge < -0.3 is 18.9 Å². The summed E-state index contributed by atoms with van der Waals surface area (Å²) in [6.07, 6.45) is 1.39. The van der Waals surface area contributed by atoms with E-state index in [0.717, 1.165) is 19.4 Å². The Balaban J connectivity index is 1.57. The molecule has 0 N–H and O–H groups in total. The Hall–Kier alpha value is -1.92. The molecule has 6 heteroatoms. The normalized spacial score (nSPS) is 18.4. The third kappa shape index (κ3) is 6.00. The van der Waals surface area contributed by atoms with Gasteiger partial charge in [0.25, 0.3) is 0 Å². The van der Waals surface area contributed by atoms with Crippen LogP contribution < -0.4 is 0 Å². The summed E-state index contributed by atoms with van der Waals surface area (Å²) < 4.78 is 20.9. The van der Waals surface area contributed by atoms with Crippen molar-refractivity contribution in [2.45, 2.75) is 32.0 Å². The molecule has 1 fully saturated rings. The third-order valence-electron chi connectivity index (χ3n) is 3.46. The topological polar surface area (TPSA) is 71.1 Å². The highest BCUT2D eigenvalue weighted by molar-refractivity contribution is 5.89. The summed E-state index contributed by atoms with van der Waals surface area (Å²) in [6, 6.07) is 8.65. The van der Waals surface area contributed by atoms with Gasteiger partial charge in [0.15, 0.2) is 6.10 Å². The lowest BCUT2D eigenvalue weighted by molar-refractivity contribution is -0.158. The second-order valence-corrected chi connectivity index (χ2v) is 5.28. The zero-order valence-corrected chi connectivity index (χ0v) is 13.2. The summed E-state index contributed by atoms with van der Waals surface area (Å²) in [6.45, 7) is 2.79. The maximum Gasteiger partial charge on any atom is 0.338 e. The number of carbonyl (C=O) groups is 2. The Bertz CT molecular complexity index is 495. The number of esters is 2. The summed E-state index contributed by atoms with van der Waals surface area (Å²) in [4.78, 5) is 23.4. The molecule has 23 heavy (non-hydrogen) atoms. The molecule has 2 rings (SSSR count). The Morgan fingerprint density at radius 3 is 2.65 bits per heavy atom. The highest BCUT2D eigenvalue weighted by atomic mass is 16.6. The fourth-order valence-electron chi connectivity index (χ4n) is 2.15. The van der Waals surface area contributed by atoms with Crippen LogP contribution in [0.3, 0.4) is 0 Å². The van der Waals surface area contributed by atoms with Gasteiger partial charge in [-0.25, -0.2) is 9.59 Å². The molecule has 2 atom stereocenters. The maximum atomic E-state index is 11.7. The van der Waals surface area contributed by atoms with Crippen LogP contribution in [0.25, 0.3) is 0 Å². The van der Waals surface area contributed by atoms with E-state index < -0.39 is 18.0 Å². The van der Waals surface area contributed by atoms with Crippen LogP contribution in [-0.4, -0.2) is 50.6 Å². The van der Waals surface area contributed by atoms with Gasteiger partial charge >= 0.3 is 11.9 Å². The fourth-order valence-corrected chi connectivity index (χ4v) is 2.15. The molecule has 0 amide bonds. The van der Waals surface area contributed by atoms with E-state index in [9.17, 15) is 9.59 Å². The lowest BCUT2D eigenvalue weighted by Gasteiger charge is -2.15. The van der Waals surface area contributed by atoms with Gasteiger partial charge in [-0.15, -0.1) is 0 Å². The highest BCUT2D eigenvalue weighted by Crippen LogP contribution is 2.13. The summed E-state index contributed by atoms with van der Waals surface area (Å²) in [5, 5.41) is 0. The summed E-state index contributed by atoms with van der Waals surface area (Å²) in [5.41, 5.74) is 0.465. The van der Waals surface area contributed by atoms with E-state index in [1.807, 2.05) is 6.07 Å². The molecule has 1 aromatic carbocycles. The van der Waals surface area contributed by atoms with Crippen LogP contribution in [-0.2, 0) is 23.7 Å². The number of hydrogen-bond acceptors (Lipinski definition) is 6. The van der Waals surface area contributed by atoms with Crippen molar-refractivity contribution < 1.29 is 28.5 Å². The second-order valence-electron chi connectivity index (χ2n) is 5.28. The average Bonchev–Trinajstić information content (AvgIpc) is 3.10. The lowest BCUT2D eigenvalue weighted by Crippen LogP contribution is -2.28. The molecule has 0 aromatic heterocycles. The number of hydrogen-bond donors (Lipinski definition) is 0. The molecule has 0 saturated carbocycles. The first-order valence-corrected chi connectivity index (χ1v) is 7.79. The third-order valence-corrected chi connectivity index (χ3v) is 3.46. The molecule has 0 spiro atoms. The number of ether oxygens (including phenoxy) is 4. The lowest BCUT2D eigenvalue weighted by atomic mass is 10.2. The van der Waals surface area contributed by atoms with Gasteiger partial charge in [-0.05, 0) is 31.9 Å². The van der Waals surface area contributed by atoms with Crippen molar-refractivity contribution in [3.63, 3.8) is 0 Å². The molecule has 126 valence electrons. The van der Waals surface area contributed by atoms with Gasteiger partial charge in [0.05, 0.1) is 18.3 Å². The van der Waals surface area contributed by atoms with E-state index in [1.54, 1.807) is 31.2 Å². The van der Waals surface area contributed by atoms with Crippen molar-refractivity contribution in [3.05, 3.63) is 35.9 Å². The minimum absolute atomic E-state index is 0.00500. The Labute approximate surface area is 135 Å². The minimum atomic E-state index is -0.663. The summed E-state index contributed by atoms with van der Waals surface area (Å²) >= 11 is 0. The smallest absolute Gasteiger partial charge is 0.338 e. The standard InChI is InChI=1S/C17H22O6/c1-13(23-12-15-8-5-9-20-15)16(18)21-10-11-22-17(19)14-6-3-2-4-7-14/h2-4,6-7,13,15H,5,8-12H2,1H3. The minimum Gasteiger partial charge on any atom is -0.460 e. The molecule has 0 aliphatic carbocycles. The zero-order valence-electron chi connectivity index (χ0n) is 13.2. The van der Waals surface area contributed by atoms with E-state index in [-0.39, 0.29) is 19.3 Å². The number of benzene rings is 1. The molecule has 6 nitrogen and oxygen atoms in total. The van der Waals surface area contributed by atoms with Crippen LogP contribution in [0.2, 0.25) is 0 Å². The average molecular weight is 322 g/mol. The SMILES string of the molecule is CC(OCC1CCCO1)C(=O)OCCOC(=O)c1ccccc1. The quantitative estimate of drug-likeness (QED) is 0.538. The predicted molar refractivity (Wildman–Crippen MR) is 82.1 cm³/mol. The number of carbonyl (C=O) groups excluding carboxylic acids is 2. The van der Waals surface area contributed by atoms with Gasteiger partial charge in [0.1, 0.15) is 13.2 Å². The highest BCUT2D eigenvalue weighted by Gasteiger charge is 2.20. The molecule has 1 heterocycles. The maximum absolute atomic E-state index is 11.7. The van der Waals surface area contributed by atoms with Crippen molar-refractivity contribution in [1.29, 1.82) is 0 Å². The van der Waals surface area contributed by atoms with Crippen molar-refractivity contribution in [3.8, 4) is 0 Å². The molecule has 1 aromatic rings. The van der Waals surface area contributed by atoms with Crippen LogP contribution >= 0.6 is 0 Å². The van der Waals surface area contributed by atoms with Crippen molar-refractivity contribution in [1.82, 2.24) is 0 Å². The molecule has 1 aliphatic heterocycles. The molecule has 1 saturated heterocycles. The number of rotatable bonds is 8. The Morgan fingerprint density at radius 2 is 1.96 bits per heavy atom. The van der Waals surface area contributed by atoms with Gasteiger partial charge in [-0.1, -0.05) is 18.2 Å². The summed E-state index contributed by atoms with van der Waals surface area (Å²) in [5.74, 6) is -0.914. The molecule has 1 aliphatic rings. The first-order valence-electron chi connectivity index (χ1n) is 7.79. The monoisotopic (exact) mass is 322 g/mol. The van der Waals surface area contributed by atoms with Crippen molar-refractivity contribution in [2.24, 2.45) is 0 Å². The molecule has 2 unspecified atom stereocenters. The van der Waals surface area contributed by atoms with Crippen molar-refractivity contribution in [2.75, 3.05) is 26.4 Å². The first-order chi connectivity index (χ1) is 11.2. The Kier molecular flexibility index (Phi) is 7.03. The van der Waals surface area contributed by atoms with E-state index in [4.69, 9.17) is 18.9 Å². The fraction of sp³-hybridized carbons (Fsp3) is 0.529. The van der Waals surface area contributed by atoms with E-state index in [2.05, 4.69) is 0 Å². The molecule has 0 bridgehead atoms. The van der Waals surface area contributed by atoms with E-state index in [0.29, 0.717) is 12.2 Å². The van der Waals surface area contributed by atoms with Crippen LogP contribution in [0.15, 0.2) is 30.3 Å². The molecular formula is C17H22O6. The first kappa shape index (κ1) is 17.4. The van der Waals surface area contributed by atoms with Crippen molar-refractivity contribution >= 4 is 11.9 Å². The van der Waals surface area contributed by atoms with Crippen LogP contribution in [0, 0.1) is 0 Å². The van der Waals surface area contributed by atoms with Crippen LogP contribution in [0.5, 0.6) is 0 Å². The van der Waals surface area contributed by atoms with Gasteiger partial charge in [0.2, 0.25) is 0 Å². The van der Waals surface area contributed by atoms with Gasteiger partial charge in [-0.2, -0.15) is 0 Å². The molecule has 0 radical (unpaired) electrons. The van der Waals surface area contributed by atoms with Gasteiger partial charge in [0, 0.05) is 6.61 Å². The zero-order chi connectivity index (χ0) is 16.5.